The van der Waals surface area contributed by atoms with E-state index in [9.17, 15) is 0 Å². The van der Waals surface area contributed by atoms with Crippen LogP contribution in [0.1, 0.15) is 58.8 Å². The molecule has 2 heteroatoms. The molecule has 2 saturated carbocycles. The lowest BCUT2D eigenvalue weighted by atomic mass is 9.77. The molecule has 0 atom stereocenters. The molecule has 0 aliphatic heterocycles. The van der Waals surface area contributed by atoms with Gasteiger partial charge >= 0.3 is 0 Å². The molecule has 0 spiro atoms. The van der Waals surface area contributed by atoms with E-state index in [0.717, 1.165) is 12.0 Å². The van der Waals surface area contributed by atoms with Crippen LogP contribution in [0.5, 0.6) is 0 Å². The van der Waals surface area contributed by atoms with Crippen LogP contribution in [0.25, 0.3) is 0 Å². The summed E-state index contributed by atoms with van der Waals surface area (Å²) in [5.41, 5.74) is 6.45. The van der Waals surface area contributed by atoms with Gasteiger partial charge in [-0.2, -0.15) is 0 Å². The maximum Gasteiger partial charge on any atom is 0.00967 e. The van der Waals surface area contributed by atoms with E-state index in [2.05, 4.69) is 19.2 Å². The van der Waals surface area contributed by atoms with Gasteiger partial charge in [-0.05, 0) is 43.4 Å². The lowest BCUT2D eigenvalue weighted by molar-refractivity contribution is 0.189. The summed E-state index contributed by atoms with van der Waals surface area (Å²) in [4.78, 5) is 0. The van der Waals surface area contributed by atoms with Crippen LogP contribution < -0.4 is 11.1 Å². The van der Waals surface area contributed by atoms with Gasteiger partial charge in [-0.3, -0.25) is 0 Å². The Balaban J connectivity index is 1.78. The number of rotatable bonds is 5. The van der Waals surface area contributed by atoms with Gasteiger partial charge in [-0.15, -0.1) is 0 Å². The Hall–Kier alpha value is -0.0800. The first-order chi connectivity index (χ1) is 7.60. The molecule has 0 aromatic heterocycles. The number of nitrogens with one attached hydrogen (secondary N) is 1. The van der Waals surface area contributed by atoms with Gasteiger partial charge in [-0.25, -0.2) is 0 Å². The van der Waals surface area contributed by atoms with Gasteiger partial charge in [0.1, 0.15) is 0 Å². The predicted octanol–water partition coefficient (Wildman–Crippen LogP) is 2.67. The van der Waals surface area contributed by atoms with Crippen LogP contribution in [0.3, 0.4) is 0 Å². The standard InChI is InChI=1S/C14H28N2/c1-11(2)9-14(5-3-4-6-14)10-16-13-7-12(15)8-13/h11-13,16H,3-10,15H2,1-2H3. The maximum absolute atomic E-state index is 5.83. The average molecular weight is 224 g/mol. The monoisotopic (exact) mass is 224 g/mol. The highest BCUT2D eigenvalue weighted by Gasteiger charge is 2.36. The molecule has 2 rings (SSSR count). The summed E-state index contributed by atoms with van der Waals surface area (Å²) in [6.45, 7) is 5.96. The van der Waals surface area contributed by atoms with Gasteiger partial charge in [0.2, 0.25) is 0 Å². The van der Waals surface area contributed by atoms with Gasteiger partial charge < -0.3 is 11.1 Å². The van der Waals surface area contributed by atoms with Crippen molar-refractivity contribution in [2.45, 2.75) is 70.9 Å². The molecule has 0 heterocycles. The van der Waals surface area contributed by atoms with Crippen molar-refractivity contribution in [2.24, 2.45) is 17.1 Å². The third-order valence-corrected chi connectivity index (χ3v) is 4.45. The van der Waals surface area contributed by atoms with Crippen molar-refractivity contribution in [2.75, 3.05) is 6.54 Å². The molecule has 0 saturated heterocycles. The smallest absolute Gasteiger partial charge is 0.00967 e. The topological polar surface area (TPSA) is 38.0 Å². The van der Waals surface area contributed by atoms with Crippen LogP contribution in [-0.2, 0) is 0 Å². The molecular weight excluding hydrogens is 196 g/mol. The second kappa shape index (κ2) is 5.05. The lowest BCUT2D eigenvalue weighted by Gasteiger charge is -2.38. The van der Waals surface area contributed by atoms with E-state index in [1.807, 2.05) is 0 Å². The maximum atomic E-state index is 5.83. The zero-order valence-corrected chi connectivity index (χ0v) is 11.0. The second-order valence-corrected chi connectivity index (χ2v) is 6.61. The third kappa shape index (κ3) is 2.98. The molecule has 2 fully saturated rings. The fraction of sp³-hybridized carbons (Fsp3) is 1.00. The highest BCUT2D eigenvalue weighted by molar-refractivity contribution is 4.92. The fourth-order valence-electron chi connectivity index (χ4n) is 3.63. The van der Waals surface area contributed by atoms with Crippen molar-refractivity contribution in [1.29, 1.82) is 0 Å². The Kier molecular flexibility index (Phi) is 3.91. The van der Waals surface area contributed by atoms with Crippen molar-refractivity contribution in [3.8, 4) is 0 Å². The molecule has 0 amide bonds. The first kappa shape index (κ1) is 12.4. The average Bonchev–Trinajstić information content (AvgIpc) is 2.59. The van der Waals surface area contributed by atoms with E-state index in [1.54, 1.807) is 0 Å². The van der Waals surface area contributed by atoms with Crippen LogP contribution in [0, 0.1) is 11.3 Å². The Bertz CT molecular complexity index is 213. The van der Waals surface area contributed by atoms with Crippen molar-refractivity contribution >= 4 is 0 Å². The molecular formula is C14H28N2. The van der Waals surface area contributed by atoms with Gasteiger partial charge in [0.05, 0.1) is 0 Å². The van der Waals surface area contributed by atoms with E-state index in [1.165, 1.54) is 51.5 Å². The van der Waals surface area contributed by atoms with Crippen LogP contribution in [-0.4, -0.2) is 18.6 Å². The summed E-state index contributed by atoms with van der Waals surface area (Å²) in [6, 6.07) is 1.20. The number of hydrogen-bond acceptors (Lipinski definition) is 2. The molecule has 3 N–H and O–H groups in total. The molecule has 0 bridgehead atoms. The SMILES string of the molecule is CC(C)CC1(CNC2CC(N)C2)CCCC1. The molecule has 0 aromatic rings. The first-order valence-corrected chi connectivity index (χ1v) is 7.09. The Morgan fingerprint density at radius 1 is 1.25 bits per heavy atom. The molecule has 16 heavy (non-hydrogen) atoms. The van der Waals surface area contributed by atoms with E-state index in [0.29, 0.717) is 11.5 Å². The molecule has 0 radical (unpaired) electrons. The van der Waals surface area contributed by atoms with Crippen LogP contribution >= 0.6 is 0 Å². The Morgan fingerprint density at radius 2 is 1.88 bits per heavy atom. The van der Waals surface area contributed by atoms with Crippen molar-refractivity contribution < 1.29 is 0 Å². The zero-order chi connectivity index (χ0) is 11.6. The number of nitrogens with two attached hydrogens (primary N) is 1. The van der Waals surface area contributed by atoms with Crippen molar-refractivity contribution in [1.82, 2.24) is 5.32 Å². The van der Waals surface area contributed by atoms with Gasteiger partial charge in [0.25, 0.3) is 0 Å². The molecule has 2 aliphatic rings. The van der Waals surface area contributed by atoms with Crippen molar-refractivity contribution in [3.63, 3.8) is 0 Å². The first-order valence-electron chi connectivity index (χ1n) is 7.09. The largest absolute Gasteiger partial charge is 0.328 e. The van der Waals surface area contributed by atoms with E-state index < -0.39 is 0 Å². The number of hydrogen-bond donors (Lipinski definition) is 2. The second-order valence-electron chi connectivity index (χ2n) is 6.61. The van der Waals surface area contributed by atoms with Gasteiger partial charge in [-0.1, -0.05) is 26.7 Å². The van der Waals surface area contributed by atoms with Gasteiger partial charge in [0.15, 0.2) is 0 Å². The van der Waals surface area contributed by atoms with Crippen LogP contribution in [0.15, 0.2) is 0 Å². The zero-order valence-electron chi connectivity index (χ0n) is 11.0. The minimum absolute atomic E-state index is 0.474. The van der Waals surface area contributed by atoms with Crippen LogP contribution in [0.2, 0.25) is 0 Å². The summed E-state index contributed by atoms with van der Waals surface area (Å²) >= 11 is 0. The normalized spacial score (nSPS) is 33.0. The minimum atomic E-state index is 0.474. The fourth-order valence-corrected chi connectivity index (χ4v) is 3.63. The van der Waals surface area contributed by atoms with E-state index in [-0.39, 0.29) is 0 Å². The summed E-state index contributed by atoms with van der Waals surface area (Å²) in [6.07, 6.45) is 9.55. The highest BCUT2D eigenvalue weighted by atomic mass is 15.0. The van der Waals surface area contributed by atoms with Crippen molar-refractivity contribution in [3.05, 3.63) is 0 Å². The van der Waals surface area contributed by atoms with E-state index in [4.69, 9.17) is 5.73 Å². The molecule has 94 valence electrons. The molecule has 0 unspecified atom stereocenters. The summed E-state index contributed by atoms with van der Waals surface area (Å²) in [5.74, 6) is 0.837. The van der Waals surface area contributed by atoms with E-state index >= 15 is 0 Å². The van der Waals surface area contributed by atoms with Gasteiger partial charge in [0, 0.05) is 18.6 Å². The molecule has 2 aliphatic carbocycles. The minimum Gasteiger partial charge on any atom is -0.328 e. The quantitative estimate of drug-likeness (QED) is 0.753. The Labute approximate surface area is 100 Å². The lowest BCUT2D eigenvalue weighted by Crippen LogP contribution is -2.51. The summed E-state index contributed by atoms with van der Waals surface area (Å²) in [7, 11) is 0. The third-order valence-electron chi connectivity index (χ3n) is 4.45. The Morgan fingerprint density at radius 3 is 2.38 bits per heavy atom. The predicted molar refractivity (Wildman–Crippen MR) is 69.4 cm³/mol. The molecule has 0 aromatic carbocycles. The highest BCUT2D eigenvalue weighted by Crippen LogP contribution is 2.42. The molecule has 2 nitrogen and oxygen atoms in total. The summed E-state index contributed by atoms with van der Waals surface area (Å²) in [5, 5.41) is 3.76. The van der Waals surface area contributed by atoms with Crippen LogP contribution in [0.4, 0.5) is 0 Å². The summed E-state index contributed by atoms with van der Waals surface area (Å²) < 4.78 is 0.